The molecule has 0 unspecified atom stereocenters. The third-order valence-corrected chi connectivity index (χ3v) is 1.77. The molecule has 1 heterocycles. The van der Waals surface area contributed by atoms with Crippen molar-refractivity contribution in [3.05, 3.63) is 35.7 Å². The minimum atomic E-state index is 1.04. The maximum atomic E-state index is 4.15. The molecule has 0 bridgehead atoms. The Bertz CT molecular complexity index is 318. The molecule has 11 heavy (non-hydrogen) atoms. The molecule has 2 nitrogen and oxygen atoms in total. The molecule has 0 spiro atoms. The van der Waals surface area contributed by atoms with Gasteiger partial charge in [-0.1, -0.05) is 18.2 Å². The molecule has 56 valence electrons. The summed E-state index contributed by atoms with van der Waals surface area (Å²) in [6.07, 6.45) is 7.46. The first-order chi connectivity index (χ1) is 5.36. The van der Waals surface area contributed by atoms with Crippen molar-refractivity contribution in [1.82, 2.24) is 10.2 Å². The van der Waals surface area contributed by atoms with Gasteiger partial charge in [0.15, 0.2) is 0 Å². The van der Waals surface area contributed by atoms with Gasteiger partial charge >= 0.3 is 0 Å². The fourth-order valence-corrected chi connectivity index (χ4v) is 1.21. The molecule has 1 aromatic rings. The van der Waals surface area contributed by atoms with Crippen LogP contribution in [0.4, 0.5) is 0 Å². The fourth-order valence-electron chi connectivity index (χ4n) is 1.21. The Morgan fingerprint density at radius 3 is 3.00 bits per heavy atom. The number of aryl methyl sites for hydroxylation is 1. The summed E-state index contributed by atoms with van der Waals surface area (Å²) in [5.41, 5.74) is 3.40. The number of nitrogens with zero attached hydrogens (tertiary/aromatic N) is 1. The van der Waals surface area contributed by atoms with Crippen LogP contribution in [0.2, 0.25) is 0 Å². The summed E-state index contributed by atoms with van der Waals surface area (Å²) < 4.78 is 0. The van der Waals surface area contributed by atoms with Gasteiger partial charge in [-0.2, -0.15) is 5.10 Å². The Morgan fingerprint density at radius 2 is 2.45 bits per heavy atom. The van der Waals surface area contributed by atoms with Gasteiger partial charge in [-0.3, -0.25) is 5.10 Å². The zero-order valence-corrected chi connectivity index (χ0v) is 6.46. The van der Waals surface area contributed by atoms with Gasteiger partial charge in [0.05, 0.1) is 5.69 Å². The van der Waals surface area contributed by atoms with E-state index in [-0.39, 0.29) is 0 Å². The highest BCUT2D eigenvalue weighted by Gasteiger charge is 2.03. The lowest BCUT2D eigenvalue weighted by Gasteiger charge is -1.88. The molecule has 1 aromatic heterocycles. The van der Waals surface area contributed by atoms with E-state index in [0.717, 1.165) is 17.8 Å². The number of rotatable bonds is 1. The van der Waals surface area contributed by atoms with Crippen molar-refractivity contribution < 1.29 is 0 Å². The van der Waals surface area contributed by atoms with E-state index >= 15 is 0 Å². The van der Waals surface area contributed by atoms with Crippen LogP contribution in [0.15, 0.2) is 24.3 Å². The van der Waals surface area contributed by atoms with Gasteiger partial charge in [0.2, 0.25) is 0 Å². The molecule has 0 radical (unpaired) electrons. The van der Waals surface area contributed by atoms with Crippen LogP contribution < -0.4 is 0 Å². The number of hydrogen-bond donors (Lipinski definition) is 1. The van der Waals surface area contributed by atoms with Crippen molar-refractivity contribution in [2.75, 3.05) is 0 Å². The highest BCUT2D eigenvalue weighted by molar-refractivity contribution is 5.74. The summed E-state index contributed by atoms with van der Waals surface area (Å²) in [6.45, 7) is 2.01. The van der Waals surface area contributed by atoms with Crippen LogP contribution in [-0.4, -0.2) is 10.2 Å². The van der Waals surface area contributed by atoms with Crippen molar-refractivity contribution in [2.45, 2.75) is 13.3 Å². The Kier molecular flexibility index (Phi) is 1.39. The quantitative estimate of drug-likeness (QED) is 0.645. The fraction of sp³-hybridized carbons (Fsp3) is 0.222. The SMILES string of the molecule is Cc1cc(C2=CCC=C2)n[nH]1. The number of nitrogens with one attached hydrogen (secondary N) is 1. The van der Waals surface area contributed by atoms with Crippen LogP contribution in [0.3, 0.4) is 0 Å². The third kappa shape index (κ3) is 1.11. The topological polar surface area (TPSA) is 28.7 Å². The Morgan fingerprint density at radius 1 is 1.55 bits per heavy atom. The normalized spacial score (nSPS) is 15.5. The van der Waals surface area contributed by atoms with E-state index in [1.54, 1.807) is 0 Å². The summed E-state index contributed by atoms with van der Waals surface area (Å²) in [4.78, 5) is 0. The van der Waals surface area contributed by atoms with Crippen LogP contribution in [0.1, 0.15) is 17.8 Å². The zero-order chi connectivity index (χ0) is 7.68. The molecule has 0 fully saturated rings. The van der Waals surface area contributed by atoms with E-state index in [1.807, 2.05) is 6.92 Å². The summed E-state index contributed by atoms with van der Waals surface area (Å²) >= 11 is 0. The van der Waals surface area contributed by atoms with Gasteiger partial charge in [-0.15, -0.1) is 0 Å². The molecular weight excluding hydrogens is 136 g/mol. The van der Waals surface area contributed by atoms with Gasteiger partial charge in [-0.05, 0) is 25.0 Å². The number of allylic oxidation sites excluding steroid dienone is 4. The Hall–Kier alpha value is -1.31. The monoisotopic (exact) mass is 146 g/mol. The van der Waals surface area contributed by atoms with Crippen LogP contribution >= 0.6 is 0 Å². The minimum absolute atomic E-state index is 1.04. The summed E-state index contributed by atoms with van der Waals surface area (Å²) in [7, 11) is 0. The molecule has 2 rings (SSSR count). The molecule has 0 saturated heterocycles. The lowest BCUT2D eigenvalue weighted by Crippen LogP contribution is -1.77. The molecule has 0 saturated carbocycles. The predicted molar refractivity (Wildman–Crippen MR) is 45.1 cm³/mol. The molecule has 1 aliphatic rings. The van der Waals surface area contributed by atoms with E-state index < -0.39 is 0 Å². The average Bonchev–Trinajstić information content (AvgIpc) is 2.55. The maximum absolute atomic E-state index is 4.15. The minimum Gasteiger partial charge on any atom is -0.282 e. The van der Waals surface area contributed by atoms with Gasteiger partial charge in [0.1, 0.15) is 0 Å². The Balaban J connectivity index is 2.36. The third-order valence-electron chi connectivity index (χ3n) is 1.77. The molecule has 0 aromatic carbocycles. The molecule has 1 N–H and O–H groups in total. The van der Waals surface area contributed by atoms with E-state index in [2.05, 4.69) is 34.5 Å². The number of H-pyrrole nitrogens is 1. The number of aromatic amines is 1. The van der Waals surface area contributed by atoms with Crippen molar-refractivity contribution in [3.8, 4) is 0 Å². The summed E-state index contributed by atoms with van der Waals surface area (Å²) in [6, 6.07) is 2.06. The first kappa shape index (κ1) is 6.40. The molecule has 1 aliphatic carbocycles. The van der Waals surface area contributed by atoms with Gasteiger partial charge in [0.25, 0.3) is 0 Å². The number of aromatic nitrogens is 2. The number of hydrogen-bond acceptors (Lipinski definition) is 1. The van der Waals surface area contributed by atoms with Crippen molar-refractivity contribution in [2.24, 2.45) is 0 Å². The van der Waals surface area contributed by atoms with Crippen molar-refractivity contribution in [3.63, 3.8) is 0 Å². The zero-order valence-electron chi connectivity index (χ0n) is 6.46. The first-order valence-electron chi connectivity index (χ1n) is 3.75. The second kappa shape index (κ2) is 2.38. The second-order valence-electron chi connectivity index (χ2n) is 2.73. The lowest BCUT2D eigenvalue weighted by atomic mass is 10.2. The van der Waals surface area contributed by atoms with Gasteiger partial charge in [-0.25, -0.2) is 0 Å². The second-order valence-corrected chi connectivity index (χ2v) is 2.73. The van der Waals surface area contributed by atoms with E-state index in [0.29, 0.717) is 0 Å². The van der Waals surface area contributed by atoms with E-state index in [9.17, 15) is 0 Å². The summed E-state index contributed by atoms with van der Waals surface area (Å²) in [5, 5.41) is 7.07. The summed E-state index contributed by atoms with van der Waals surface area (Å²) in [5.74, 6) is 0. The molecule has 0 aliphatic heterocycles. The van der Waals surface area contributed by atoms with Gasteiger partial charge < -0.3 is 0 Å². The van der Waals surface area contributed by atoms with E-state index in [4.69, 9.17) is 0 Å². The van der Waals surface area contributed by atoms with E-state index in [1.165, 1.54) is 5.57 Å². The van der Waals surface area contributed by atoms with Crippen LogP contribution in [0.5, 0.6) is 0 Å². The standard InChI is InChI=1S/C9H10N2/c1-7-6-9(11-10-7)8-4-2-3-5-8/h2,4-6H,3H2,1H3,(H,10,11). The van der Waals surface area contributed by atoms with Crippen LogP contribution in [-0.2, 0) is 0 Å². The van der Waals surface area contributed by atoms with Crippen molar-refractivity contribution >= 4 is 5.57 Å². The van der Waals surface area contributed by atoms with Crippen LogP contribution in [0, 0.1) is 6.92 Å². The highest BCUT2D eigenvalue weighted by atomic mass is 15.1. The smallest absolute Gasteiger partial charge is 0.0920 e. The van der Waals surface area contributed by atoms with Gasteiger partial charge in [0, 0.05) is 5.69 Å². The largest absolute Gasteiger partial charge is 0.282 e. The van der Waals surface area contributed by atoms with Crippen LogP contribution in [0.25, 0.3) is 5.57 Å². The molecular formula is C9H10N2. The predicted octanol–water partition coefficient (Wildman–Crippen LogP) is 2.06. The average molecular weight is 146 g/mol. The highest BCUT2D eigenvalue weighted by Crippen LogP contribution is 2.19. The Labute approximate surface area is 65.6 Å². The molecule has 0 atom stereocenters. The van der Waals surface area contributed by atoms with Crippen molar-refractivity contribution in [1.29, 1.82) is 0 Å². The first-order valence-corrected chi connectivity index (χ1v) is 3.75. The maximum Gasteiger partial charge on any atom is 0.0920 e. The molecule has 2 heteroatoms. The molecule has 0 amide bonds. The lowest BCUT2D eigenvalue weighted by molar-refractivity contribution is 1.04.